The lowest BCUT2D eigenvalue weighted by Crippen LogP contribution is -2.51. The van der Waals surface area contributed by atoms with Gasteiger partial charge in [-0.05, 0) is 19.3 Å². The summed E-state index contributed by atoms with van der Waals surface area (Å²) in [5.74, 6) is 0.727. The Kier molecular flexibility index (Phi) is 4.11. The van der Waals surface area contributed by atoms with Crippen LogP contribution < -0.4 is 0 Å². The van der Waals surface area contributed by atoms with Gasteiger partial charge >= 0.3 is 0 Å². The first kappa shape index (κ1) is 16.6. The van der Waals surface area contributed by atoms with Gasteiger partial charge in [-0.25, -0.2) is 12.7 Å². The summed E-state index contributed by atoms with van der Waals surface area (Å²) in [6.45, 7) is 0.528. The highest BCUT2D eigenvalue weighted by Crippen LogP contribution is 2.39. The van der Waals surface area contributed by atoms with Crippen molar-refractivity contribution in [3.8, 4) is 0 Å². The van der Waals surface area contributed by atoms with Gasteiger partial charge in [-0.1, -0.05) is 5.16 Å². The lowest BCUT2D eigenvalue weighted by molar-refractivity contribution is -0.147. The van der Waals surface area contributed by atoms with Gasteiger partial charge in [0.15, 0.2) is 5.82 Å². The van der Waals surface area contributed by atoms with Crippen LogP contribution in [0.2, 0.25) is 0 Å². The number of imide groups is 1. The number of carbonyl (C=O) groups excluding carboxylic acids is 2. The minimum absolute atomic E-state index is 0.0758. The average molecular weight is 368 g/mol. The van der Waals surface area contributed by atoms with Crippen LogP contribution in [0.5, 0.6) is 0 Å². The summed E-state index contributed by atoms with van der Waals surface area (Å²) in [4.78, 5) is 28.9. The van der Waals surface area contributed by atoms with Crippen LogP contribution in [-0.2, 0) is 19.6 Å². The highest BCUT2D eigenvalue weighted by molar-refractivity contribution is 7.89. The number of sulfonamides is 1. The molecule has 3 aliphatic rings. The normalized spacial score (nSPS) is 23.1. The van der Waals surface area contributed by atoms with Crippen LogP contribution in [0.1, 0.15) is 55.7 Å². The van der Waals surface area contributed by atoms with E-state index < -0.39 is 10.0 Å². The second-order valence-electron chi connectivity index (χ2n) is 6.89. The zero-order valence-corrected chi connectivity index (χ0v) is 14.6. The van der Waals surface area contributed by atoms with E-state index >= 15 is 0 Å². The molecule has 0 unspecified atom stereocenters. The summed E-state index contributed by atoms with van der Waals surface area (Å²) >= 11 is 0. The number of piperidine rings is 1. The molecule has 0 radical (unpaired) electrons. The van der Waals surface area contributed by atoms with E-state index in [1.807, 2.05) is 0 Å². The SMILES string of the molecule is O=C1CCCC(=O)N1CCS(=O)(=O)N1CC(c2nc(C3CC3)no2)C1. The molecule has 2 aliphatic heterocycles. The molecular weight excluding hydrogens is 348 g/mol. The lowest BCUT2D eigenvalue weighted by atomic mass is 10.0. The number of aromatic nitrogens is 2. The molecule has 2 saturated heterocycles. The number of carbonyl (C=O) groups is 2. The fourth-order valence-corrected chi connectivity index (χ4v) is 4.61. The minimum Gasteiger partial charge on any atom is -0.339 e. The first-order chi connectivity index (χ1) is 11.9. The Morgan fingerprint density at radius 3 is 2.40 bits per heavy atom. The Morgan fingerprint density at radius 1 is 1.08 bits per heavy atom. The van der Waals surface area contributed by atoms with Gasteiger partial charge in [-0.2, -0.15) is 4.98 Å². The standard InChI is InChI=1S/C15H20N4O5S/c20-12-2-1-3-13(21)19(12)6-7-25(22,23)18-8-11(9-18)15-16-14(17-24-15)10-4-5-10/h10-11H,1-9H2. The number of amides is 2. The topological polar surface area (TPSA) is 114 Å². The monoisotopic (exact) mass is 368 g/mol. The van der Waals surface area contributed by atoms with Crippen LogP contribution in [-0.4, -0.2) is 65.0 Å². The average Bonchev–Trinajstić information content (AvgIpc) is 3.24. The summed E-state index contributed by atoms with van der Waals surface area (Å²) in [6, 6.07) is 0. The Balaban J connectivity index is 1.31. The van der Waals surface area contributed by atoms with Crippen molar-refractivity contribution in [1.82, 2.24) is 19.3 Å². The molecule has 1 aromatic rings. The van der Waals surface area contributed by atoms with Crippen molar-refractivity contribution in [2.24, 2.45) is 0 Å². The molecule has 3 heterocycles. The maximum absolute atomic E-state index is 12.4. The van der Waals surface area contributed by atoms with Gasteiger partial charge in [0.05, 0.1) is 11.7 Å². The van der Waals surface area contributed by atoms with Gasteiger partial charge in [0, 0.05) is 38.4 Å². The maximum atomic E-state index is 12.4. The van der Waals surface area contributed by atoms with Crippen LogP contribution in [0.3, 0.4) is 0 Å². The van der Waals surface area contributed by atoms with Gasteiger partial charge in [0.1, 0.15) is 0 Å². The van der Waals surface area contributed by atoms with E-state index in [4.69, 9.17) is 4.52 Å². The first-order valence-corrected chi connectivity index (χ1v) is 10.2. The smallest absolute Gasteiger partial charge is 0.232 e. The lowest BCUT2D eigenvalue weighted by Gasteiger charge is -2.36. The van der Waals surface area contributed by atoms with Crippen molar-refractivity contribution >= 4 is 21.8 Å². The number of rotatable bonds is 6. The second kappa shape index (κ2) is 6.17. The maximum Gasteiger partial charge on any atom is 0.232 e. The van der Waals surface area contributed by atoms with E-state index in [0.29, 0.717) is 44.2 Å². The summed E-state index contributed by atoms with van der Waals surface area (Å²) < 4.78 is 31.3. The number of hydrogen-bond donors (Lipinski definition) is 0. The van der Waals surface area contributed by atoms with E-state index in [9.17, 15) is 18.0 Å². The molecule has 10 heteroatoms. The van der Waals surface area contributed by atoms with Crippen LogP contribution in [0.15, 0.2) is 4.52 Å². The Hall–Kier alpha value is -1.81. The summed E-state index contributed by atoms with van der Waals surface area (Å²) in [5.41, 5.74) is 0. The number of hydrogen-bond acceptors (Lipinski definition) is 7. The first-order valence-electron chi connectivity index (χ1n) is 8.58. The highest BCUT2D eigenvalue weighted by atomic mass is 32.2. The highest BCUT2D eigenvalue weighted by Gasteiger charge is 2.41. The molecule has 136 valence electrons. The van der Waals surface area contributed by atoms with E-state index in [0.717, 1.165) is 23.6 Å². The Bertz CT molecular complexity index is 779. The van der Waals surface area contributed by atoms with Crippen molar-refractivity contribution in [3.05, 3.63) is 11.7 Å². The fraction of sp³-hybridized carbons (Fsp3) is 0.733. The zero-order chi connectivity index (χ0) is 17.6. The third kappa shape index (κ3) is 3.32. The van der Waals surface area contributed by atoms with Crippen molar-refractivity contribution in [2.75, 3.05) is 25.4 Å². The molecule has 0 N–H and O–H groups in total. The van der Waals surface area contributed by atoms with Crippen molar-refractivity contribution in [2.45, 2.75) is 43.9 Å². The molecule has 9 nitrogen and oxygen atoms in total. The summed E-state index contributed by atoms with van der Waals surface area (Å²) in [6.07, 6.45) is 3.31. The molecule has 0 spiro atoms. The van der Waals surface area contributed by atoms with E-state index in [2.05, 4.69) is 10.1 Å². The third-order valence-electron chi connectivity index (χ3n) is 4.95. The summed E-state index contributed by atoms with van der Waals surface area (Å²) in [5, 5.41) is 3.95. The molecule has 0 bridgehead atoms. The zero-order valence-electron chi connectivity index (χ0n) is 13.8. The Morgan fingerprint density at radius 2 is 1.76 bits per heavy atom. The molecule has 1 saturated carbocycles. The minimum atomic E-state index is -3.51. The van der Waals surface area contributed by atoms with Crippen LogP contribution in [0, 0.1) is 0 Å². The van der Waals surface area contributed by atoms with Gasteiger partial charge in [0.2, 0.25) is 27.7 Å². The van der Waals surface area contributed by atoms with Crippen molar-refractivity contribution in [1.29, 1.82) is 0 Å². The quantitative estimate of drug-likeness (QED) is 0.660. The third-order valence-corrected chi connectivity index (χ3v) is 6.73. The second-order valence-corrected chi connectivity index (χ2v) is 8.98. The molecule has 0 atom stereocenters. The van der Waals surface area contributed by atoms with Crippen molar-refractivity contribution < 1.29 is 22.5 Å². The predicted molar refractivity (Wildman–Crippen MR) is 84.9 cm³/mol. The van der Waals surface area contributed by atoms with Gasteiger partial charge in [0.25, 0.3) is 0 Å². The summed E-state index contributed by atoms with van der Waals surface area (Å²) in [7, 11) is -3.51. The molecule has 0 aromatic carbocycles. The fourth-order valence-electron chi connectivity index (χ4n) is 3.13. The van der Waals surface area contributed by atoms with E-state index in [-0.39, 0.29) is 30.0 Å². The molecule has 4 rings (SSSR count). The van der Waals surface area contributed by atoms with Crippen molar-refractivity contribution in [3.63, 3.8) is 0 Å². The molecule has 1 aromatic heterocycles. The molecule has 3 fully saturated rings. The van der Waals surface area contributed by atoms with E-state index in [1.165, 1.54) is 4.31 Å². The van der Waals surface area contributed by atoms with E-state index in [1.54, 1.807) is 0 Å². The van der Waals surface area contributed by atoms with Crippen LogP contribution in [0.4, 0.5) is 0 Å². The molecule has 1 aliphatic carbocycles. The number of nitrogens with zero attached hydrogens (tertiary/aromatic N) is 4. The predicted octanol–water partition coefficient (Wildman–Crippen LogP) is 0.215. The molecule has 2 amide bonds. The molecular formula is C15H20N4O5S. The molecule has 25 heavy (non-hydrogen) atoms. The number of likely N-dealkylation sites (tertiary alicyclic amines) is 1. The largest absolute Gasteiger partial charge is 0.339 e. The van der Waals surface area contributed by atoms with Crippen LogP contribution >= 0.6 is 0 Å². The van der Waals surface area contributed by atoms with Gasteiger partial charge < -0.3 is 4.52 Å². The van der Waals surface area contributed by atoms with Gasteiger partial charge in [-0.3, -0.25) is 14.5 Å². The van der Waals surface area contributed by atoms with Crippen LogP contribution in [0.25, 0.3) is 0 Å². The Labute approximate surface area is 145 Å². The van der Waals surface area contributed by atoms with Gasteiger partial charge in [-0.15, -0.1) is 0 Å².